The number of anilines is 1. The average molecular weight is 540 g/mol. The van der Waals surface area contributed by atoms with E-state index in [2.05, 4.69) is 59.4 Å². The van der Waals surface area contributed by atoms with Crippen molar-refractivity contribution >= 4 is 35.6 Å². The highest BCUT2D eigenvalue weighted by Crippen LogP contribution is 2.17. The molecule has 1 aliphatic rings. The molecule has 0 spiro atoms. The van der Waals surface area contributed by atoms with Crippen LogP contribution in [0, 0.1) is 5.92 Å². The molecule has 2 heterocycles. The topological polar surface area (TPSA) is 53.2 Å². The molecule has 1 fully saturated rings. The van der Waals surface area contributed by atoms with Gasteiger partial charge in [-0.25, -0.2) is 0 Å². The van der Waals surface area contributed by atoms with Crippen LogP contribution in [0.1, 0.15) is 25.5 Å². The third-order valence-corrected chi connectivity index (χ3v) is 5.49. The van der Waals surface area contributed by atoms with Gasteiger partial charge in [0.2, 0.25) is 0 Å². The van der Waals surface area contributed by atoms with Crippen LogP contribution in [0.3, 0.4) is 0 Å². The molecule has 0 aliphatic carbocycles. The quantitative estimate of drug-likeness (QED) is 0.200. The minimum Gasteiger partial charge on any atom is -0.469 e. The van der Waals surface area contributed by atoms with Crippen LogP contribution >= 0.6 is 24.0 Å². The van der Waals surface area contributed by atoms with Crippen molar-refractivity contribution in [1.29, 1.82) is 0 Å². The molecule has 1 aromatic carbocycles. The number of hydrogen-bond acceptors (Lipinski definition) is 4. The van der Waals surface area contributed by atoms with E-state index in [4.69, 9.17) is 14.1 Å². The van der Waals surface area contributed by atoms with E-state index < -0.39 is 0 Å². The van der Waals surface area contributed by atoms with Crippen LogP contribution in [0.4, 0.5) is 5.69 Å². The van der Waals surface area contributed by atoms with Crippen LogP contribution in [0.2, 0.25) is 0 Å². The van der Waals surface area contributed by atoms with Gasteiger partial charge in [-0.05, 0) is 44.0 Å². The van der Waals surface area contributed by atoms with E-state index >= 15 is 0 Å². The number of para-hydroxylation sites is 1. The molecule has 3 rings (SSSR count). The van der Waals surface area contributed by atoms with Crippen molar-refractivity contribution in [2.75, 3.05) is 57.9 Å². The number of benzene rings is 1. The second kappa shape index (κ2) is 14.3. The third kappa shape index (κ3) is 8.73. The van der Waals surface area contributed by atoms with Gasteiger partial charge in [-0.3, -0.25) is 4.99 Å². The summed E-state index contributed by atoms with van der Waals surface area (Å²) in [5.74, 6) is 2.61. The number of halogens is 1. The Hall–Kier alpha value is -1.74. The lowest BCUT2D eigenvalue weighted by atomic mass is 10.1. The fraction of sp³-hybridized carbons (Fsp3) is 0.542. The Morgan fingerprint density at radius 1 is 1.26 bits per heavy atom. The van der Waals surface area contributed by atoms with E-state index in [1.54, 1.807) is 6.26 Å². The fourth-order valence-corrected chi connectivity index (χ4v) is 3.77. The Labute approximate surface area is 204 Å². The van der Waals surface area contributed by atoms with Crippen LogP contribution in [0.25, 0.3) is 0 Å². The molecule has 1 atom stereocenters. The van der Waals surface area contributed by atoms with Gasteiger partial charge in [0.1, 0.15) is 5.76 Å². The largest absolute Gasteiger partial charge is 0.469 e. The SMILES string of the molecule is CCOCC1CCN(C(=NCCCN(C)c2ccccc2)NCCc2ccco2)C1.I. The van der Waals surface area contributed by atoms with E-state index in [1.165, 1.54) is 5.69 Å². The molecule has 7 heteroatoms. The maximum Gasteiger partial charge on any atom is 0.193 e. The van der Waals surface area contributed by atoms with Crippen molar-refractivity contribution in [1.82, 2.24) is 10.2 Å². The van der Waals surface area contributed by atoms with Crippen molar-refractivity contribution in [2.45, 2.75) is 26.2 Å². The Morgan fingerprint density at radius 3 is 2.84 bits per heavy atom. The van der Waals surface area contributed by atoms with Gasteiger partial charge in [0.15, 0.2) is 5.96 Å². The summed E-state index contributed by atoms with van der Waals surface area (Å²) in [4.78, 5) is 9.61. The normalized spacial score (nSPS) is 16.3. The number of hydrogen-bond donors (Lipinski definition) is 1. The first-order chi connectivity index (χ1) is 14.8. The number of nitrogens with one attached hydrogen (secondary N) is 1. The molecule has 172 valence electrons. The first kappa shape index (κ1) is 25.5. The molecule has 1 aliphatic heterocycles. The second-order valence-electron chi connectivity index (χ2n) is 7.83. The summed E-state index contributed by atoms with van der Waals surface area (Å²) < 4.78 is 11.1. The summed E-state index contributed by atoms with van der Waals surface area (Å²) in [6.07, 6.45) is 4.77. The zero-order valence-electron chi connectivity index (χ0n) is 18.8. The molecule has 1 unspecified atom stereocenters. The van der Waals surface area contributed by atoms with Gasteiger partial charge in [-0.2, -0.15) is 0 Å². The molecular weight excluding hydrogens is 503 g/mol. The summed E-state index contributed by atoms with van der Waals surface area (Å²) >= 11 is 0. The molecule has 2 aromatic rings. The fourth-order valence-electron chi connectivity index (χ4n) is 3.77. The number of ether oxygens (including phenoxy) is 1. The van der Waals surface area contributed by atoms with Crippen LogP contribution in [-0.2, 0) is 11.2 Å². The first-order valence-corrected chi connectivity index (χ1v) is 11.2. The van der Waals surface area contributed by atoms with Crippen molar-refractivity contribution in [3.8, 4) is 0 Å². The predicted octanol–water partition coefficient (Wildman–Crippen LogP) is 4.27. The Balaban J connectivity index is 0.00000341. The zero-order chi connectivity index (χ0) is 21.0. The average Bonchev–Trinajstić information content (AvgIpc) is 3.46. The standard InChI is InChI=1S/C24H36N4O2.HI/c1-3-29-20-21-13-17-28(19-21)24(26-15-12-23-11-7-18-30-23)25-14-8-16-27(2)22-9-5-4-6-10-22;/h4-7,9-11,18,21H,3,8,12-17,19-20H2,1-2H3,(H,25,26);1H. The minimum atomic E-state index is 0. The Kier molecular flexibility index (Phi) is 11.8. The lowest BCUT2D eigenvalue weighted by molar-refractivity contribution is 0.114. The number of aliphatic imine (C=N–C) groups is 1. The van der Waals surface area contributed by atoms with E-state index in [0.717, 1.165) is 76.9 Å². The van der Waals surface area contributed by atoms with Crippen molar-refractivity contribution in [3.63, 3.8) is 0 Å². The monoisotopic (exact) mass is 540 g/mol. The van der Waals surface area contributed by atoms with Crippen molar-refractivity contribution in [3.05, 3.63) is 54.5 Å². The molecule has 1 N–H and O–H groups in total. The van der Waals surface area contributed by atoms with Gasteiger partial charge in [0.25, 0.3) is 0 Å². The molecule has 0 saturated carbocycles. The summed E-state index contributed by atoms with van der Waals surface area (Å²) in [5.41, 5.74) is 1.25. The van der Waals surface area contributed by atoms with Gasteiger partial charge in [0, 0.05) is 64.4 Å². The highest BCUT2D eigenvalue weighted by atomic mass is 127. The maximum atomic E-state index is 5.64. The molecule has 1 saturated heterocycles. The van der Waals surface area contributed by atoms with Crippen LogP contribution < -0.4 is 10.2 Å². The van der Waals surface area contributed by atoms with E-state index in [-0.39, 0.29) is 24.0 Å². The number of likely N-dealkylation sites (tertiary alicyclic amines) is 1. The van der Waals surface area contributed by atoms with Crippen LogP contribution in [-0.4, -0.2) is 63.8 Å². The summed E-state index contributed by atoms with van der Waals surface area (Å²) in [5, 5.41) is 3.56. The molecule has 0 bridgehead atoms. The number of furan rings is 1. The van der Waals surface area contributed by atoms with Crippen molar-refractivity contribution < 1.29 is 9.15 Å². The molecule has 1 aromatic heterocycles. The highest BCUT2D eigenvalue weighted by molar-refractivity contribution is 14.0. The molecule has 0 amide bonds. The van der Waals surface area contributed by atoms with Crippen LogP contribution in [0.15, 0.2) is 58.1 Å². The van der Waals surface area contributed by atoms with E-state index in [9.17, 15) is 0 Å². The van der Waals surface area contributed by atoms with Gasteiger partial charge >= 0.3 is 0 Å². The lowest BCUT2D eigenvalue weighted by Gasteiger charge is -2.23. The number of rotatable bonds is 11. The van der Waals surface area contributed by atoms with Gasteiger partial charge in [-0.1, -0.05) is 18.2 Å². The summed E-state index contributed by atoms with van der Waals surface area (Å²) in [6.45, 7) is 8.35. The third-order valence-electron chi connectivity index (χ3n) is 5.49. The lowest BCUT2D eigenvalue weighted by Crippen LogP contribution is -2.41. The molecule has 6 nitrogen and oxygen atoms in total. The maximum absolute atomic E-state index is 5.64. The first-order valence-electron chi connectivity index (χ1n) is 11.2. The van der Waals surface area contributed by atoms with E-state index in [1.807, 2.05) is 12.1 Å². The summed E-state index contributed by atoms with van der Waals surface area (Å²) in [6, 6.07) is 14.5. The second-order valence-corrected chi connectivity index (χ2v) is 7.83. The number of guanidine groups is 1. The van der Waals surface area contributed by atoms with Gasteiger partial charge in [0.05, 0.1) is 12.9 Å². The van der Waals surface area contributed by atoms with Crippen molar-refractivity contribution in [2.24, 2.45) is 10.9 Å². The Bertz CT molecular complexity index is 739. The molecular formula is C24H37IN4O2. The Morgan fingerprint density at radius 2 is 2.10 bits per heavy atom. The molecule has 0 radical (unpaired) electrons. The van der Waals surface area contributed by atoms with E-state index in [0.29, 0.717) is 5.92 Å². The smallest absolute Gasteiger partial charge is 0.193 e. The molecule has 31 heavy (non-hydrogen) atoms. The minimum absolute atomic E-state index is 0. The summed E-state index contributed by atoms with van der Waals surface area (Å²) in [7, 11) is 2.14. The van der Waals surface area contributed by atoms with Gasteiger partial charge < -0.3 is 24.3 Å². The number of nitrogens with zero attached hydrogens (tertiary/aromatic N) is 3. The van der Waals surface area contributed by atoms with Crippen LogP contribution in [0.5, 0.6) is 0 Å². The highest BCUT2D eigenvalue weighted by Gasteiger charge is 2.25. The van der Waals surface area contributed by atoms with Gasteiger partial charge in [-0.15, -0.1) is 24.0 Å². The predicted molar refractivity (Wildman–Crippen MR) is 139 cm³/mol. The zero-order valence-corrected chi connectivity index (χ0v) is 21.2.